The van der Waals surface area contributed by atoms with Gasteiger partial charge in [-0.05, 0) is 37.8 Å². The highest BCUT2D eigenvalue weighted by molar-refractivity contribution is 7.98. The summed E-state index contributed by atoms with van der Waals surface area (Å²) in [5.41, 5.74) is 0.511. The molecular formula is C13H16O3S. The fraction of sp³-hybridized carbons (Fsp3) is 0.462. The minimum Gasteiger partial charge on any atom is -0.464 e. The van der Waals surface area contributed by atoms with E-state index in [0.29, 0.717) is 6.61 Å². The van der Waals surface area contributed by atoms with Crippen LogP contribution in [0.25, 0.3) is 0 Å². The third kappa shape index (κ3) is 2.33. The van der Waals surface area contributed by atoms with Gasteiger partial charge in [0.2, 0.25) is 0 Å². The zero-order valence-corrected chi connectivity index (χ0v) is 11.0. The molecular weight excluding hydrogens is 236 g/mol. The molecule has 1 aromatic rings. The predicted molar refractivity (Wildman–Crippen MR) is 67.1 cm³/mol. The summed E-state index contributed by atoms with van der Waals surface area (Å²) < 4.78 is 10.5. The van der Waals surface area contributed by atoms with Crippen LogP contribution in [0.1, 0.15) is 19.4 Å². The largest absolute Gasteiger partial charge is 0.464 e. The average molecular weight is 252 g/mol. The monoisotopic (exact) mass is 252 g/mol. The van der Waals surface area contributed by atoms with Crippen LogP contribution >= 0.6 is 11.8 Å². The predicted octanol–water partition coefficient (Wildman–Crippen LogP) is 2.59. The molecule has 2 rings (SSSR count). The van der Waals surface area contributed by atoms with Gasteiger partial charge in [-0.25, -0.2) is 4.79 Å². The van der Waals surface area contributed by atoms with Gasteiger partial charge >= 0.3 is 5.97 Å². The van der Waals surface area contributed by atoms with E-state index in [9.17, 15) is 4.79 Å². The number of carbonyl (C=O) groups excluding carboxylic acids is 1. The third-order valence-corrected chi connectivity index (χ3v) is 3.71. The van der Waals surface area contributed by atoms with Gasteiger partial charge in [0.15, 0.2) is 6.10 Å². The van der Waals surface area contributed by atoms with E-state index in [0.717, 1.165) is 5.56 Å². The molecule has 0 bridgehead atoms. The number of ether oxygens (including phenoxy) is 2. The maximum atomic E-state index is 11.6. The van der Waals surface area contributed by atoms with E-state index in [1.165, 1.54) is 4.90 Å². The molecule has 2 atom stereocenters. The van der Waals surface area contributed by atoms with Crippen molar-refractivity contribution in [3.63, 3.8) is 0 Å². The molecule has 0 N–H and O–H groups in total. The van der Waals surface area contributed by atoms with Crippen molar-refractivity contribution in [1.29, 1.82) is 0 Å². The Morgan fingerprint density at radius 1 is 1.47 bits per heavy atom. The smallest absolute Gasteiger partial charge is 0.338 e. The first-order chi connectivity index (χ1) is 8.11. The van der Waals surface area contributed by atoms with Crippen molar-refractivity contribution in [2.75, 3.05) is 12.9 Å². The van der Waals surface area contributed by atoms with Crippen LogP contribution in [-0.2, 0) is 19.9 Å². The molecule has 1 fully saturated rings. The summed E-state index contributed by atoms with van der Waals surface area (Å²) in [6.07, 6.45) is 1.58. The first kappa shape index (κ1) is 12.5. The van der Waals surface area contributed by atoms with E-state index in [2.05, 4.69) is 0 Å². The Morgan fingerprint density at radius 2 is 2.12 bits per heavy atom. The minimum atomic E-state index is -0.511. The normalized spacial score (nSPS) is 26.6. The first-order valence-electron chi connectivity index (χ1n) is 5.60. The number of rotatable bonds is 4. The van der Waals surface area contributed by atoms with Crippen LogP contribution in [0.2, 0.25) is 0 Å². The van der Waals surface area contributed by atoms with Crippen LogP contribution in [0.3, 0.4) is 0 Å². The molecule has 2 unspecified atom stereocenters. The zero-order valence-electron chi connectivity index (χ0n) is 10.2. The van der Waals surface area contributed by atoms with Gasteiger partial charge in [0, 0.05) is 4.90 Å². The molecule has 0 amide bonds. The second-order valence-electron chi connectivity index (χ2n) is 4.09. The molecule has 92 valence electrons. The highest BCUT2D eigenvalue weighted by Gasteiger charge is 2.59. The van der Waals surface area contributed by atoms with Crippen molar-refractivity contribution in [3.05, 3.63) is 29.8 Å². The summed E-state index contributed by atoms with van der Waals surface area (Å²) in [7, 11) is 0. The van der Waals surface area contributed by atoms with Crippen LogP contribution in [0.5, 0.6) is 0 Å². The second-order valence-corrected chi connectivity index (χ2v) is 4.97. The number of hydrogen-bond donors (Lipinski definition) is 0. The lowest BCUT2D eigenvalue weighted by atomic mass is 9.97. The minimum absolute atomic E-state index is 0.274. The molecule has 17 heavy (non-hydrogen) atoms. The Bertz CT molecular complexity index is 415. The molecule has 0 radical (unpaired) electrons. The van der Waals surface area contributed by atoms with E-state index in [1.807, 2.05) is 37.4 Å². The number of thioether (sulfide) groups is 1. The van der Waals surface area contributed by atoms with Gasteiger partial charge < -0.3 is 9.47 Å². The lowest BCUT2D eigenvalue weighted by Gasteiger charge is -2.07. The van der Waals surface area contributed by atoms with Crippen molar-refractivity contribution in [3.8, 4) is 0 Å². The molecule has 3 nitrogen and oxygen atoms in total. The van der Waals surface area contributed by atoms with Gasteiger partial charge in [-0.3, -0.25) is 0 Å². The molecule has 0 spiro atoms. The van der Waals surface area contributed by atoms with Gasteiger partial charge in [0.05, 0.1) is 6.61 Å². The zero-order chi connectivity index (χ0) is 12.5. The van der Waals surface area contributed by atoms with Gasteiger partial charge in [0.25, 0.3) is 0 Å². The molecule has 1 heterocycles. The maximum Gasteiger partial charge on any atom is 0.338 e. The van der Waals surface area contributed by atoms with Gasteiger partial charge in [-0.2, -0.15) is 0 Å². The quantitative estimate of drug-likeness (QED) is 0.469. The summed E-state index contributed by atoms with van der Waals surface area (Å²) in [6, 6.07) is 8.08. The molecule has 1 aromatic carbocycles. The molecule has 0 saturated carbocycles. The van der Waals surface area contributed by atoms with Crippen molar-refractivity contribution in [1.82, 2.24) is 0 Å². The number of benzene rings is 1. The topological polar surface area (TPSA) is 38.8 Å². The molecule has 4 heteroatoms. The van der Waals surface area contributed by atoms with Crippen molar-refractivity contribution in [2.45, 2.75) is 30.4 Å². The van der Waals surface area contributed by atoms with Crippen molar-refractivity contribution >= 4 is 17.7 Å². The lowest BCUT2D eigenvalue weighted by Crippen LogP contribution is -2.18. The number of hydrogen-bond acceptors (Lipinski definition) is 4. The van der Waals surface area contributed by atoms with Crippen LogP contribution in [-0.4, -0.2) is 24.9 Å². The van der Waals surface area contributed by atoms with E-state index < -0.39 is 11.7 Å². The van der Waals surface area contributed by atoms with E-state index in [4.69, 9.17) is 9.47 Å². The Hall–Kier alpha value is -1.00. The van der Waals surface area contributed by atoms with Crippen LogP contribution in [0.4, 0.5) is 0 Å². The van der Waals surface area contributed by atoms with Crippen LogP contribution in [0, 0.1) is 0 Å². The molecule has 1 aliphatic rings. The molecule has 1 aliphatic heterocycles. The standard InChI is InChI=1S/C13H16O3S/c1-4-15-12(14)11-13(2,16-11)9-5-7-10(17-3)8-6-9/h5-8,11H,4H2,1-3H3. The van der Waals surface area contributed by atoms with Gasteiger partial charge in [-0.15, -0.1) is 11.8 Å². The van der Waals surface area contributed by atoms with E-state index in [1.54, 1.807) is 18.7 Å². The summed E-state index contributed by atoms with van der Waals surface area (Å²) in [6.45, 7) is 4.10. The molecule has 1 saturated heterocycles. The summed E-state index contributed by atoms with van der Waals surface area (Å²) in [4.78, 5) is 12.8. The van der Waals surface area contributed by atoms with E-state index >= 15 is 0 Å². The number of carbonyl (C=O) groups is 1. The van der Waals surface area contributed by atoms with Crippen LogP contribution in [0.15, 0.2) is 29.2 Å². The Balaban J connectivity index is 2.10. The van der Waals surface area contributed by atoms with Crippen molar-refractivity contribution in [2.24, 2.45) is 0 Å². The molecule has 0 aliphatic carbocycles. The average Bonchev–Trinajstić information content (AvgIpc) is 3.04. The highest BCUT2D eigenvalue weighted by atomic mass is 32.2. The van der Waals surface area contributed by atoms with E-state index in [-0.39, 0.29) is 5.97 Å². The first-order valence-corrected chi connectivity index (χ1v) is 6.83. The Kier molecular flexibility index (Phi) is 3.45. The Labute approximate surface area is 105 Å². The van der Waals surface area contributed by atoms with Crippen molar-refractivity contribution < 1.29 is 14.3 Å². The van der Waals surface area contributed by atoms with Crippen LogP contribution < -0.4 is 0 Å². The number of epoxide rings is 1. The summed E-state index contributed by atoms with van der Waals surface area (Å²) in [5, 5.41) is 0. The SMILES string of the molecule is CCOC(=O)C1OC1(C)c1ccc(SC)cc1. The maximum absolute atomic E-state index is 11.6. The molecule has 0 aromatic heterocycles. The summed E-state index contributed by atoms with van der Waals surface area (Å²) in [5.74, 6) is -0.274. The third-order valence-electron chi connectivity index (χ3n) is 2.97. The van der Waals surface area contributed by atoms with Gasteiger partial charge in [-0.1, -0.05) is 12.1 Å². The number of esters is 1. The second kappa shape index (κ2) is 4.70. The van der Waals surface area contributed by atoms with Gasteiger partial charge in [0.1, 0.15) is 5.60 Å². The highest BCUT2D eigenvalue weighted by Crippen LogP contribution is 2.46. The Morgan fingerprint density at radius 3 is 2.65 bits per heavy atom. The fourth-order valence-electron chi connectivity index (χ4n) is 1.84. The lowest BCUT2D eigenvalue weighted by molar-refractivity contribution is -0.144. The fourth-order valence-corrected chi connectivity index (χ4v) is 2.25. The summed E-state index contributed by atoms with van der Waals surface area (Å²) >= 11 is 1.69.